The molecule has 0 amide bonds. The van der Waals surface area contributed by atoms with Crippen LogP contribution >= 0.6 is 0 Å². The van der Waals surface area contributed by atoms with Crippen molar-refractivity contribution >= 4 is 10.0 Å². The van der Waals surface area contributed by atoms with Crippen LogP contribution in [0.5, 0.6) is 0 Å². The van der Waals surface area contributed by atoms with E-state index in [9.17, 15) is 8.42 Å². The summed E-state index contributed by atoms with van der Waals surface area (Å²) in [5, 5.41) is 8.95. The zero-order valence-corrected chi connectivity index (χ0v) is 13.4. The highest BCUT2D eigenvalue weighted by molar-refractivity contribution is 7.89. The van der Waals surface area contributed by atoms with Crippen molar-refractivity contribution in [2.24, 2.45) is 0 Å². The van der Waals surface area contributed by atoms with Gasteiger partial charge in [-0.1, -0.05) is 6.92 Å². The molecule has 1 aromatic rings. The molecule has 1 aliphatic rings. The van der Waals surface area contributed by atoms with E-state index in [1.807, 2.05) is 13.8 Å². The first kappa shape index (κ1) is 16.0. The summed E-state index contributed by atoms with van der Waals surface area (Å²) in [5.74, 6) is 0. The average Bonchev–Trinajstić information content (AvgIpc) is 2.47. The molecule has 2 rings (SSSR count). The molecule has 1 saturated heterocycles. The maximum Gasteiger partial charge on any atom is 0.243 e. The Morgan fingerprint density at radius 1 is 1.48 bits per heavy atom. The SMILES string of the molecule is CCC1COC(C)CN1S(=O)(=O)c1ccc(C#N)c(C)c1. The van der Waals surface area contributed by atoms with Gasteiger partial charge < -0.3 is 4.74 Å². The molecule has 0 bridgehead atoms. The van der Waals surface area contributed by atoms with Gasteiger partial charge in [0, 0.05) is 12.6 Å². The Bertz CT molecular complexity index is 664. The molecule has 2 atom stereocenters. The standard InChI is InChI=1S/C15H20N2O3S/c1-4-14-10-20-12(3)9-17(14)21(18,19)15-6-5-13(8-16)11(2)7-15/h5-7,12,14H,4,9-10H2,1-3H3. The van der Waals surface area contributed by atoms with E-state index in [-0.39, 0.29) is 17.0 Å². The molecule has 0 N–H and O–H groups in total. The van der Waals surface area contributed by atoms with Crippen LogP contribution in [0, 0.1) is 18.3 Å². The minimum absolute atomic E-state index is 0.109. The molecule has 114 valence electrons. The summed E-state index contributed by atoms with van der Waals surface area (Å²) >= 11 is 0. The van der Waals surface area contributed by atoms with E-state index in [1.54, 1.807) is 19.1 Å². The van der Waals surface area contributed by atoms with Crippen molar-refractivity contribution in [3.05, 3.63) is 29.3 Å². The monoisotopic (exact) mass is 308 g/mol. The molecule has 2 unspecified atom stereocenters. The van der Waals surface area contributed by atoms with Gasteiger partial charge >= 0.3 is 0 Å². The summed E-state index contributed by atoms with van der Waals surface area (Å²) in [4.78, 5) is 0.242. The lowest BCUT2D eigenvalue weighted by molar-refractivity contribution is -0.0230. The van der Waals surface area contributed by atoms with Crippen LogP contribution in [0.1, 0.15) is 31.4 Å². The van der Waals surface area contributed by atoms with Crippen molar-refractivity contribution in [1.82, 2.24) is 4.31 Å². The molecule has 0 aliphatic carbocycles. The van der Waals surface area contributed by atoms with Gasteiger partial charge in [0.1, 0.15) is 0 Å². The van der Waals surface area contributed by atoms with E-state index in [2.05, 4.69) is 6.07 Å². The number of nitrogens with zero attached hydrogens (tertiary/aromatic N) is 2. The molecule has 21 heavy (non-hydrogen) atoms. The van der Waals surface area contributed by atoms with E-state index in [1.165, 1.54) is 10.4 Å². The molecule has 1 fully saturated rings. The zero-order chi connectivity index (χ0) is 15.6. The number of hydrogen-bond donors (Lipinski definition) is 0. The predicted octanol–water partition coefficient (Wildman–Crippen LogP) is 2.05. The van der Waals surface area contributed by atoms with Crippen molar-refractivity contribution in [1.29, 1.82) is 5.26 Å². The van der Waals surface area contributed by atoms with Crippen LogP contribution in [0.3, 0.4) is 0 Å². The Morgan fingerprint density at radius 2 is 2.19 bits per heavy atom. The number of ether oxygens (including phenoxy) is 1. The van der Waals surface area contributed by atoms with Gasteiger partial charge in [0.15, 0.2) is 0 Å². The van der Waals surface area contributed by atoms with Crippen molar-refractivity contribution in [2.45, 2.75) is 44.2 Å². The predicted molar refractivity (Wildman–Crippen MR) is 79.3 cm³/mol. The van der Waals surface area contributed by atoms with Crippen LogP contribution in [0.4, 0.5) is 0 Å². The summed E-state index contributed by atoms with van der Waals surface area (Å²) in [6.45, 7) is 6.36. The first-order valence-electron chi connectivity index (χ1n) is 7.04. The molecule has 1 heterocycles. The fourth-order valence-electron chi connectivity index (χ4n) is 2.49. The summed E-state index contributed by atoms with van der Waals surface area (Å²) < 4.78 is 32.8. The minimum Gasteiger partial charge on any atom is -0.375 e. The maximum absolute atomic E-state index is 12.8. The van der Waals surface area contributed by atoms with Gasteiger partial charge in [-0.2, -0.15) is 9.57 Å². The molecule has 1 aliphatic heterocycles. The van der Waals surface area contributed by atoms with Gasteiger partial charge in [-0.05, 0) is 44.0 Å². The van der Waals surface area contributed by atoms with Gasteiger partial charge in [-0.25, -0.2) is 8.42 Å². The molecule has 6 heteroatoms. The van der Waals surface area contributed by atoms with Crippen LogP contribution in [-0.4, -0.2) is 38.0 Å². The lowest BCUT2D eigenvalue weighted by Gasteiger charge is -2.37. The molecule has 1 aromatic carbocycles. The second-order valence-electron chi connectivity index (χ2n) is 5.37. The number of benzene rings is 1. The van der Waals surface area contributed by atoms with Gasteiger partial charge in [-0.15, -0.1) is 0 Å². The number of rotatable bonds is 3. The summed E-state index contributed by atoms with van der Waals surface area (Å²) in [6.07, 6.45) is 0.600. The Labute approximate surface area is 126 Å². The van der Waals surface area contributed by atoms with E-state index in [4.69, 9.17) is 10.00 Å². The number of aryl methyl sites for hydroxylation is 1. The summed E-state index contributed by atoms with van der Waals surface area (Å²) in [7, 11) is -3.56. The van der Waals surface area contributed by atoms with Crippen LogP contribution < -0.4 is 0 Å². The number of sulfonamides is 1. The van der Waals surface area contributed by atoms with Crippen LogP contribution in [0.25, 0.3) is 0 Å². The largest absolute Gasteiger partial charge is 0.375 e. The third-order valence-corrected chi connectivity index (χ3v) is 5.73. The fraction of sp³-hybridized carbons (Fsp3) is 0.533. The highest BCUT2D eigenvalue weighted by Crippen LogP contribution is 2.25. The smallest absolute Gasteiger partial charge is 0.243 e. The summed E-state index contributed by atoms with van der Waals surface area (Å²) in [5.41, 5.74) is 1.17. The van der Waals surface area contributed by atoms with Crippen molar-refractivity contribution in [2.75, 3.05) is 13.2 Å². The normalized spacial score (nSPS) is 23.7. The Kier molecular flexibility index (Phi) is 4.67. The first-order valence-corrected chi connectivity index (χ1v) is 8.48. The summed E-state index contributed by atoms with van der Waals surface area (Å²) in [6, 6.07) is 6.56. The van der Waals surface area contributed by atoms with E-state index in [0.717, 1.165) is 0 Å². The molecule has 0 radical (unpaired) electrons. The molecule has 5 nitrogen and oxygen atoms in total. The van der Waals surface area contributed by atoms with Crippen molar-refractivity contribution in [3.63, 3.8) is 0 Å². The molecule has 0 spiro atoms. The average molecular weight is 308 g/mol. The van der Waals surface area contributed by atoms with Crippen LogP contribution in [-0.2, 0) is 14.8 Å². The van der Waals surface area contributed by atoms with Gasteiger partial charge in [0.05, 0.1) is 29.2 Å². The third kappa shape index (κ3) is 3.10. The number of nitriles is 1. The molecular formula is C15H20N2O3S. The highest BCUT2D eigenvalue weighted by Gasteiger charge is 2.35. The zero-order valence-electron chi connectivity index (χ0n) is 12.5. The Morgan fingerprint density at radius 3 is 2.76 bits per heavy atom. The van der Waals surface area contributed by atoms with E-state index >= 15 is 0 Å². The Balaban J connectivity index is 2.40. The fourth-order valence-corrected chi connectivity index (χ4v) is 4.33. The second kappa shape index (κ2) is 6.14. The number of hydrogen-bond acceptors (Lipinski definition) is 4. The van der Waals surface area contributed by atoms with E-state index < -0.39 is 10.0 Å². The number of morpholine rings is 1. The van der Waals surface area contributed by atoms with Crippen LogP contribution in [0.15, 0.2) is 23.1 Å². The third-order valence-electron chi connectivity index (χ3n) is 3.81. The quantitative estimate of drug-likeness (QED) is 0.857. The molecule has 0 saturated carbocycles. The molecule has 0 aromatic heterocycles. The van der Waals surface area contributed by atoms with Crippen molar-refractivity contribution < 1.29 is 13.2 Å². The lowest BCUT2D eigenvalue weighted by atomic mass is 10.1. The maximum atomic E-state index is 12.8. The van der Waals surface area contributed by atoms with Gasteiger partial charge in [0.25, 0.3) is 0 Å². The van der Waals surface area contributed by atoms with Crippen molar-refractivity contribution in [3.8, 4) is 6.07 Å². The highest BCUT2D eigenvalue weighted by atomic mass is 32.2. The lowest BCUT2D eigenvalue weighted by Crippen LogP contribution is -2.51. The minimum atomic E-state index is -3.56. The van der Waals surface area contributed by atoms with Crippen LogP contribution in [0.2, 0.25) is 0 Å². The first-order chi connectivity index (χ1) is 9.90. The Hall–Kier alpha value is -1.42. The van der Waals surface area contributed by atoms with Gasteiger partial charge in [0.2, 0.25) is 10.0 Å². The second-order valence-corrected chi connectivity index (χ2v) is 7.26. The molecular weight excluding hydrogens is 288 g/mol. The van der Waals surface area contributed by atoms with E-state index in [0.29, 0.717) is 30.7 Å². The topological polar surface area (TPSA) is 70.4 Å². The van der Waals surface area contributed by atoms with Gasteiger partial charge in [-0.3, -0.25) is 0 Å².